The minimum Gasteiger partial charge on any atom is -0.366 e. The highest BCUT2D eigenvalue weighted by Gasteiger charge is 2.72. The number of hydrogen-bond acceptors (Lipinski definition) is 6. The lowest BCUT2D eigenvalue weighted by atomic mass is 9.62. The molecular weight excluding hydrogens is 337 g/mol. The van der Waals surface area contributed by atoms with Crippen molar-refractivity contribution in [3.63, 3.8) is 0 Å². The molecular formula is C18H22FN5O2. The number of nitriles is 1. The van der Waals surface area contributed by atoms with E-state index in [1.54, 1.807) is 6.92 Å². The van der Waals surface area contributed by atoms with Crippen LogP contribution in [0.5, 0.6) is 0 Å². The number of carbonyl (C=O) groups is 1. The summed E-state index contributed by atoms with van der Waals surface area (Å²) in [6, 6.07) is 2.12. The molecule has 26 heavy (non-hydrogen) atoms. The number of nitrogens with one attached hydrogen (secondary N) is 2. The van der Waals surface area contributed by atoms with Crippen LogP contribution in [0.2, 0.25) is 0 Å². The van der Waals surface area contributed by atoms with E-state index in [1.807, 2.05) is 13.8 Å². The number of rotatable bonds is 5. The number of amides is 1. The fourth-order valence-electron chi connectivity index (χ4n) is 4.34. The highest BCUT2D eigenvalue weighted by Crippen LogP contribution is 2.60. The van der Waals surface area contributed by atoms with E-state index in [4.69, 9.17) is 4.74 Å². The van der Waals surface area contributed by atoms with E-state index in [0.717, 1.165) is 0 Å². The first-order valence-electron chi connectivity index (χ1n) is 8.83. The summed E-state index contributed by atoms with van der Waals surface area (Å²) in [4.78, 5) is 20.4. The minimum atomic E-state index is -1.01. The third-order valence-electron chi connectivity index (χ3n) is 6.01. The van der Waals surface area contributed by atoms with Gasteiger partial charge in [0.2, 0.25) is 5.91 Å². The summed E-state index contributed by atoms with van der Waals surface area (Å²) < 4.78 is 19.4. The van der Waals surface area contributed by atoms with E-state index in [-0.39, 0.29) is 5.91 Å². The van der Waals surface area contributed by atoms with Gasteiger partial charge in [-0.3, -0.25) is 4.79 Å². The van der Waals surface area contributed by atoms with Crippen molar-refractivity contribution in [1.82, 2.24) is 15.3 Å². The molecule has 1 amide bonds. The Kier molecular flexibility index (Phi) is 3.54. The van der Waals surface area contributed by atoms with E-state index in [0.29, 0.717) is 42.9 Å². The Hall–Kier alpha value is -2.27. The third-order valence-corrected chi connectivity index (χ3v) is 6.01. The van der Waals surface area contributed by atoms with Crippen LogP contribution < -0.4 is 10.6 Å². The Bertz CT molecular complexity index is 812. The molecule has 2 aliphatic carbocycles. The van der Waals surface area contributed by atoms with Crippen LogP contribution in [0.4, 0.5) is 10.2 Å². The number of ether oxygens (including phenoxy) is 1. The molecule has 2 atom stereocenters. The van der Waals surface area contributed by atoms with Gasteiger partial charge in [0, 0.05) is 19.4 Å². The number of carbonyl (C=O) groups excluding carboxylic acids is 1. The standard InChI is InChI=1S/C18H22FN5O2/c1-10-12(5-20)14(23-9-22-10)21-8-17-6-18(7-17,16(2,3)26-17)24-15(25)11-4-13(11)19/h9,11,13H,4,6-8H2,1-3H3,(H,24,25)(H,21,22,23). The molecule has 0 spiro atoms. The molecule has 0 aromatic carbocycles. The second kappa shape index (κ2) is 5.36. The Balaban J connectivity index is 1.45. The molecule has 138 valence electrons. The van der Waals surface area contributed by atoms with Gasteiger partial charge in [-0.05, 0) is 27.2 Å². The molecule has 4 fully saturated rings. The van der Waals surface area contributed by atoms with Crippen molar-refractivity contribution in [2.24, 2.45) is 5.92 Å². The molecule has 0 radical (unpaired) electrons. The molecule has 4 aliphatic rings. The minimum absolute atomic E-state index is 0.212. The van der Waals surface area contributed by atoms with Crippen LogP contribution in [-0.2, 0) is 9.53 Å². The van der Waals surface area contributed by atoms with Crippen molar-refractivity contribution in [2.45, 2.75) is 62.9 Å². The van der Waals surface area contributed by atoms with Crippen LogP contribution in [0.1, 0.15) is 44.4 Å². The van der Waals surface area contributed by atoms with Crippen LogP contribution >= 0.6 is 0 Å². The monoisotopic (exact) mass is 359 g/mol. The first-order valence-corrected chi connectivity index (χ1v) is 8.83. The zero-order chi connectivity index (χ0) is 18.7. The summed E-state index contributed by atoms with van der Waals surface area (Å²) >= 11 is 0. The smallest absolute Gasteiger partial charge is 0.226 e. The summed E-state index contributed by atoms with van der Waals surface area (Å²) in [6.07, 6.45) is 2.04. The maximum absolute atomic E-state index is 13.2. The number of hydrogen-bond donors (Lipinski definition) is 2. The Morgan fingerprint density at radius 1 is 1.46 bits per heavy atom. The fraction of sp³-hybridized carbons (Fsp3) is 0.667. The van der Waals surface area contributed by atoms with E-state index in [2.05, 4.69) is 26.7 Å². The summed E-state index contributed by atoms with van der Waals surface area (Å²) in [7, 11) is 0. The molecule has 2 saturated carbocycles. The van der Waals surface area contributed by atoms with E-state index in [1.165, 1.54) is 6.33 Å². The van der Waals surface area contributed by atoms with Crippen LogP contribution in [0.15, 0.2) is 6.33 Å². The van der Waals surface area contributed by atoms with Gasteiger partial charge >= 0.3 is 0 Å². The third kappa shape index (κ3) is 2.45. The predicted molar refractivity (Wildman–Crippen MR) is 91.0 cm³/mol. The molecule has 5 rings (SSSR count). The summed E-state index contributed by atoms with van der Waals surface area (Å²) in [5, 5.41) is 15.5. The molecule has 8 heteroatoms. The SMILES string of the molecule is Cc1ncnc(NCC23CC(NC(=O)C4CC4F)(C2)C(C)(C)O3)c1C#N. The molecule has 1 aromatic heterocycles. The number of aryl methyl sites for hydroxylation is 1. The second-order valence-electron chi connectivity index (χ2n) is 8.23. The number of aromatic nitrogens is 2. The van der Waals surface area contributed by atoms with Gasteiger partial charge in [0.25, 0.3) is 0 Å². The van der Waals surface area contributed by atoms with Gasteiger partial charge in [-0.15, -0.1) is 0 Å². The number of fused-ring (bicyclic) bond motifs is 1. The largest absolute Gasteiger partial charge is 0.366 e. The van der Waals surface area contributed by atoms with Crippen molar-refractivity contribution in [3.05, 3.63) is 17.6 Å². The van der Waals surface area contributed by atoms with Gasteiger partial charge in [-0.1, -0.05) is 0 Å². The lowest BCUT2D eigenvalue weighted by molar-refractivity contribution is -0.126. The molecule has 2 N–H and O–H groups in total. The number of anilines is 1. The number of alkyl halides is 1. The maximum Gasteiger partial charge on any atom is 0.226 e. The fourth-order valence-corrected chi connectivity index (χ4v) is 4.34. The van der Waals surface area contributed by atoms with Crippen molar-refractivity contribution in [3.8, 4) is 6.07 Å². The average Bonchev–Trinajstić information content (AvgIpc) is 3.17. The summed E-state index contributed by atoms with van der Waals surface area (Å²) in [5.74, 6) is -0.227. The van der Waals surface area contributed by atoms with Crippen molar-refractivity contribution < 1.29 is 13.9 Å². The van der Waals surface area contributed by atoms with Crippen molar-refractivity contribution in [1.29, 1.82) is 5.26 Å². The quantitative estimate of drug-likeness (QED) is 0.829. The Morgan fingerprint density at radius 2 is 2.15 bits per heavy atom. The summed E-state index contributed by atoms with van der Waals surface area (Å²) in [6.45, 7) is 6.15. The lowest BCUT2D eigenvalue weighted by Gasteiger charge is -2.47. The zero-order valence-electron chi connectivity index (χ0n) is 15.1. The van der Waals surface area contributed by atoms with Crippen LogP contribution in [-0.4, -0.2) is 45.3 Å². The van der Waals surface area contributed by atoms with Gasteiger partial charge in [0.1, 0.15) is 29.9 Å². The second-order valence-corrected chi connectivity index (χ2v) is 8.23. The maximum atomic E-state index is 13.2. The number of nitrogens with zero attached hydrogens (tertiary/aromatic N) is 3. The summed E-state index contributed by atoms with van der Waals surface area (Å²) in [5.41, 5.74) is -0.391. The van der Waals surface area contributed by atoms with E-state index < -0.39 is 28.8 Å². The van der Waals surface area contributed by atoms with Gasteiger partial charge in [-0.2, -0.15) is 5.26 Å². The Labute approximate surface area is 151 Å². The molecule has 2 unspecified atom stereocenters. The highest BCUT2D eigenvalue weighted by atomic mass is 19.1. The average molecular weight is 359 g/mol. The highest BCUT2D eigenvalue weighted by molar-refractivity contribution is 5.83. The van der Waals surface area contributed by atoms with Crippen molar-refractivity contribution in [2.75, 3.05) is 11.9 Å². The molecule has 2 aliphatic heterocycles. The molecule has 7 nitrogen and oxygen atoms in total. The Morgan fingerprint density at radius 3 is 2.77 bits per heavy atom. The van der Waals surface area contributed by atoms with Gasteiger partial charge < -0.3 is 15.4 Å². The van der Waals surface area contributed by atoms with E-state index in [9.17, 15) is 14.4 Å². The van der Waals surface area contributed by atoms with Crippen LogP contribution in [0, 0.1) is 24.2 Å². The van der Waals surface area contributed by atoms with E-state index >= 15 is 0 Å². The van der Waals surface area contributed by atoms with Crippen molar-refractivity contribution >= 4 is 11.7 Å². The molecule has 3 heterocycles. The molecule has 2 saturated heterocycles. The first kappa shape index (κ1) is 17.2. The predicted octanol–water partition coefficient (Wildman–Crippen LogP) is 1.62. The normalized spacial score (nSPS) is 36.0. The zero-order valence-corrected chi connectivity index (χ0v) is 15.1. The lowest BCUT2D eigenvalue weighted by Crippen LogP contribution is -2.65. The van der Waals surface area contributed by atoms with Crippen LogP contribution in [0.25, 0.3) is 0 Å². The number of halogens is 1. The molecule has 1 aromatic rings. The van der Waals surface area contributed by atoms with Crippen LogP contribution in [0.3, 0.4) is 0 Å². The topological polar surface area (TPSA) is 99.9 Å². The van der Waals surface area contributed by atoms with Gasteiger partial charge in [0.05, 0.1) is 28.4 Å². The van der Waals surface area contributed by atoms with Gasteiger partial charge in [0.15, 0.2) is 0 Å². The molecule has 2 bridgehead atoms. The first-order chi connectivity index (χ1) is 12.2. The van der Waals surface area contributed by atoms with Gasteiger partial charge in [-0.25, -0.2) is 14.4 Å².